The first-order valence-electron chi connectivity index (χ1n) is 9.37. The Bertz CT molecular complexity index is 863. The molecule has 1 aromatic heterocycles. The van der Waals surface area contributed by atoms with Gasteiger partial charge in [0.15, 0.2) is 5.82 Å². The average Bonchev–Trinajstić information content (AvgIpc) is 3.15. The second kappa shape index (κ2) is 8.36. The van der Waals surface area contributed by atoms with Crippen LogP contribution in [0.5, 0.6) is 0 Å². The van der Waals surface area contributed by atoms with E-state index in [2.05, 4.69) is 15.0 Å². The second-order valence-electron chi connectivity index (χ2n) is 6.96. The Labute approximate surface area is 165 Å². The topological polar surface area (TPSA) is 88.5 Å². The largest absolute Gasteiger partial charge is 0.416 e. The molecule has 0 amide bonds. The number of halogens is 3. The van der Waals surface area contributed by atoms with Crippen LogP contribution >= 0.6 is 0 Å². The normalized spacial score (nSPS) is 16.8. The Kier molecular flexibility index (Phi) is 6.06. The number of rotatable bonds is 6. The number of hydrogen-bond donors (Lipinski definition) is 0. The third-order valence-corrected chi connectivity index (χ3v) is 5.02. The Morgan fingerprint density at radius 2 is 1.97 bits per heavy atom. The van der Waals surface area contributed by atoms with Gasteiger partial charge >= 0.3 is 6.18 Å². The minimum atomic E-state index is -4.63. The molecule has 1 fully saturated rings. The molecule has 158 valence electrons. The van der Waals surface area contributed by atoms with E-state index in [4.69, 9.17) is 4.52 Å². The van der Waals surface area contributed by atoms with Crippen molar-refractivity contribution in [1.29, 1.82) is 0 Å². The molecule has 0 bridgehead atoms. The van der Waals surface area contributed by atoms with Gasteiger partial charge < -0.3 is 9.42 Å². The molecule has 2 aromatic rings. The number of aryl methyl sites for hydroxylation is 1. The van der Waals surface area contributed by atoms with Gasteiger partial charge in [0.05, 0.1) is 16.5 Å². The number of nitro groups is 1. The van der Waals surface area contributed by atoms with E-state index in [9.17, 15) is 23.3 Å². The molecule has 0 radical (unpaired) electrons. The van der Waals surface area contributed by atoms with Gasteiger partial charge in [-0.15, -0.1) is 0 Å². The molecule has 1 aliphatic heterocycles. The summed E-state index contributed by atoms with van der Waals surface area (Å²) in [7, 11) is 0. The molecular formula is C18H22F3N5O3. The van der Waals surface area contributed by atoms with Crippen molar-refractivity contribution in [1.82, 2.24) is 15.0 Å². The van der Waals surface area contributed by atoms with E-state index in [1.807, 2.05) is 13.8 Å². The summed E-state index contributed by atoms with van der Waals surface area (Å²) >= 11 is 0. The Balaban J connectivity index is 1.70. The summed E-state index contributed by atoms with van der Waals surface area (Å²) < 4.78 is 44.0. The van der Waals surface area contributed by atoms with Crippen molar-refractivity contribution in [2.45, 2.75) is 38.9 Å². The van der Waals surface area contributed by atoms with Crippen LogP contribution in [-0.4, -0.2) is 46.1 Å². The quantitative estimate of drug-likeness (QED) is 0.525. The summed E-state index contributed by atoms with van der Waals surface area (Å²) in [5.41, 5.74) is -1.37. The number of aromatic nitrogens is 2. The number of piperazine rings is 1. The Morgan fingerprint density at radius 3 is 2.55 bits per heavy atom. The van der Waals surface area contributed by atoms with E-state index >= 15 is 0 Å². The van der Waals surface area contributed by atoms with E-state index in [-0.39, 0.29) is 11.7 Å². The monoisotopic (exact) mass is 413 g/mol. The van der Waals surface area contributed by atoms with Gasteiger partial charge in [0.1, 0.15) is 5.69 Å². The molecule has 3 rings (SSSR count). The van der Waals surface area contributed by atoms with Crippen LogP contribution in [0, 0.1) is 10.1 Å². The molecule has 1 aliphatic rings. The van der Waals surface area contributed by atoms with E-state index in [1.54, 1.807) is 4.90 Å². The molecule has 8 nitrogen and oxygen atoms in total. The lowest BCUT2D eigenvalue weighted by Crippen LogP contribution is -2.47. The van der Waals surface area contributed by atoms with Gasteiger partial charge in [-0.1, -0.05) is 12.1 Å². The predicted octanol–water partition coefficient (Wildman–Crippen LogP) is 3.83. The maximum absolute atomic E-state index is 12.9. The summed E-state index contributed by atoms with van der Waals surface area (Å²) in [6, 6.07) is 2.54. The molecule has 29 heavy (non-hydrogen) atoms. The fourth-order valence-corrected chi connectivity index (χ4v) is 3.38. The summed E-state index contributed by atoms with van der Waals surface area (Å²) in [5, 5.41) is 15.3. The zero-order valence-corrected chi connectivity index (χ0v) is 16.1. The maximum atomic E-state index is 12.9. The highest BCUT2D eigenvalue weighted by Crippen LogP contribution is 2.37. The molecule has 0 saturated carbocycles. The first-order chi connectivity index (χ1) is 13.7. The lowest BCUT2D eigenvalue weighted by atomic mass is 10.1. The van der Waals surface area contributed by atoms with Crippen molar-refractivity contribution >= 4 is 11.4 Å². The van der Waals surface area contributed by atoms with Gasteiger partial charge in [0.2, 0.25) is 5.89 Å². The summed E-state index contributed by atoms with van der Waals surface area (Å²) in [6.45, 7) is 5.97. The highest BCUT2D eigenvalue weighted by Gasteiger charge is 2.34. The van der Waals surface area contributed by atoms with Crippen molar-refractivity contribution in [3.8, 4) is 0 Å². The van der Waals surface area contributed by atoms with Crippen LogP contribution in [0.25, 0.3) is 0 Å². The summed E-state index contributed by atoms with van der Waals surface area (Å²) in [4.78, 5) is 18.8. The van der Waals surface area contributed by atoms with Gasteiger partial charge in [0.25, 0.3) is 5.69 Å². The van der Waals surface area contributed by atoms with Crippen molar-refractivity contribution in [3.05, 3.63) is 45.6 Å². The van der Waals surface area contributed by atoms with Gasteiger partial charge in [-0.3, -0.25) is 15.0 Å². The SMILES string of the molecule is CCCc1noc(C(C)N2CCN(c3ccc(C(F)(F)F)cc3[N+](=O)[O-])CC2)n1. The van der Waals surface area contributed by atoms with E-state index in [0.717, 1.165) is 18.9 Å². The molecule has 1 unspecified atom stereocenters. The molecule has 11 heteroatoms. The number of alkyl halides is 3. The van der Waals surface area contributed by atoms with Crippen molar-refractivity contribution in [3.63, 3.8) is 0 Å². The van der Waals surface area contributed by atoms with Crippen LogP contribution in [0.4, 0.5) is 24.5 Å². The lowest BCUT2D eigenvalue weighted by Gasteiger charge is -2.37. The third kappa shape index (κ3) is 4.66. The molecule has 1 saturated heterocycles. The molecule has 0 aliphatic carbocycles. The maximum Gasteiger partial charge on any atom is 0.416 e. The summed E-state index contributed by atoms with van der Waals surface area (Å²) in [5.74, 6) is 1.18. The van der Waals surface area contributed by atoms with Crippen LogP contribution in [0.1, 0.15) is 43.6 Å². The first-order valence-corrected chi connectivity index (χ1v) is 9.37. The van der Waals surface area contributed by atoms with Crippen LogP contribution in [0.2, 0.25) is 0 Å². The minimum Gasteiger partial charge on any atom is -0.363 e. The zero-order chi connectivity index (χ0) is 21.2. The fraction of sp³-hybridized carbons (Fsp3) is 0.556. The van der Waals surface area contributed by atoms with Crippen LogP contribution in [-0.2, 0) is 12.6 Å². The van der Waals surface area contributed by atoms with Crippen LogP contribution < -0.4 is 4.90 Å². The fourth-order valence-electron chi connectivity index (χ4n) is 3.38. The van der Waals surface area contributed by atoms with E-state index in [0.29, 0.717) is 44.0 Å². The highest BCUT2D eigenvalue weighted by molar-refractivity contribution is 5.65. The van der Waals surface area contributed by atoms with Crippen molar-refractivity contribution in [2.75, 3.05) is 31.1 Å². The minimum absolute atomic E-state index is 0.113. The predicted molar refractivity (Wildman–Crippen MR) is 98.6 cm³/mol. The van der Waals surface area contributed by atoms with Crippen molar-refractivity contribution < 1.29 is 22.6 Å². The van der Waals surface area contributed by atoms with Gasteiger partial charge in [-0.2, -0.15) is 18.2 Å². The smallest absolute Gasteiger partial charge is 0.363 e. The molecular weight excluding hydrogens is 391 g/mol. The number of anilines is 1. The van der Waals surface area contributed by atoms with Gasteiger partial charge in [-0.05, 0) is 25.5 Å². The first kappa shape index (κ1) is 21.0. The van der Waals surface area contributed by atoms with Crippen molar-refractivity contribution in [2.24, 2.45) is 0 Å². The van der Waals surface area contributed by atoms with E-state index in [1.165, 1.54) is 6.07 Å². The molecule has 1 aromatic carbocycles. The average molecular weight is 413 g/mol. The van der Waals surface area contributed by atoms with Gasteiger partial charge in [-0.25, -0.2) is 0 Å². The molecule has 1 atom stereocenters. The molecule has 0 spiro atoms. The van der Waals surface area contributed by atoms with Gasteiger partial charge in [0, 0.05) is 38.7 Å². The van der Waals surface area contributed by atoms with Crippen LogP contribution in [0.15, 0.2) is 22.7 Å². The standard InChI is InChI=1S/C18H22F3N5O3/c1-3-4-16-22-17(29-23-16)12(2)24-7-9-25(10-8-24)14-6-5-13(18(19,20)21)11-15(14)26(27)28/h5-6,11-12H,3-4,7-10H2,1-2H3. The van der Waals surface area contributed by atoms with Crippen LogP contribution in [0.3, 0.4) is 0 Å². The summed E-state index contributed by atoms with van der Waals surface area (Å²) in [6.07, 6.45) is -2.97. The number of nitro benzene ring substituents is 1. The number of benzene rings is 1. The number of nitrogens with zero attached hydrogens (tertiary/aromatic N) is 5. The Morgan fingerprint density at radius 1 is 1.28 bits per heavy atom. The lowest BCUT2D eigenvalue weighted by molar-refractivity contribution is -0.384. The molecule has 2 heterocycles. The highest BCUT2D eigenvalue weighted by atomic mass is 19.4. The zero-order valence-electron chi connectivity index (χ0n) is 16.1. The van der Waals surface area contributed by atoms with E-state index < -0.39 is 22.4 Å². The third-order valence-electron chi connectivity index (χ3n) is 5.02. The number of hydrogen-bond acceptors (Lipinski definition) is 7. The Hall–Kier alpha value is -2.69. The molecule has 0 N–H and O–H groups in total. The second-order valence-corrected chi connectivity index (χ2v) is 6.96.